The minimum absolute atomic E-state index is 0.0416. The van der Waals surface area contributed by atoms with E-state index in [-0.39, 0.29) is 24.7 Å². The second kappa shape index (κ2) is 10.4. The zero-order valence-corrected chi connectivity index (χ0v) is 18.0. The summed E-state index contributed by atoms with van der Waals surface area (Å²) >= 11 is 0. The van der Waals surface area contributed by atoms with Crippen LogP contribution in [0.2, 0.25) is 0 Å². The molecule has 2 unspecified atom stereocenters. The lowest BCUT2D eigenvalue weighted by Crippen LogP contribution is -2.42. The smallest absolute Gasteiger partial charge is 0.391 e. The maximum Gasteiger partial charge on any atom is 0.391 e. The van der Waals surface area contributed by atoms with Gasteiger partial charge >= 0.3 is 6.18 Å². The van der Waals surface area contributed by atoms with E-state index in [0.29, 0.717) is 58.3 Å². The van der Waals surface area contributed by atoms with Crippen LogP contribution in [0, 0.1) is 11.8 Å². The fourth-order valence-corrected chi connectivity index (χ4v) is 4.56. The summed E-state index contributed by atoms with van der Waals surface area (Å²) in [5.41, 5.74) is 1.05. The van der Waals surface area contributed by atoms with Gasteiger partial charge in [0.25, 0.3) is 0 Å². The minimum Gasteiger partial charge on any atom is -0.497 e. The highest BCUT2D eigenvalue weighted by atomic mass is 19.4. The van der Waals surface area contributed by atoms with E-state index in [0.717, 1.165) is 11.3 Å². The van der Waals surface area contributed by atoms with Gasteiger partial charge in [-0.2, -0.15) is 13.2 Å². The summed E-state index contributed by atoms with van der Waals surface area (Å²) in [6.07, 6.45) is -1.61. The molecule has 172 valence electrons. The molecule has 1 aromatic rings. The Morgan fingerprint density at radius 1 is 1.00 bits per heavy atom. The molecule has 2 amide bonds. The molecule has 8 heteroatoms. The van der Waals surface area contributed by atoms with Crippen molar-refractivity contribution in [2.75, 3.05) is 33.3 Å². The van der Waals surface area contributed by atoms with Crippen molar-refractivity contribution in [3.63, 3.8) is 0 Å². The number of carbonyl (C=O) groups is 2. The monoisotopic (exact) mass is 440 g/mol. The van der Waals surface area contributed by atoms with Gasteiger partial charge in [-0.15, -0.1) is 0 Å². The predicted molar refractivity (Wildman–Crippen MR) is 111 cm³/mol. The number of rotatable bonds is 5. The normalized spacial score (nSPS) is 22.7. The third-order valence-electron chi connectivity index (χ3n) is 6.43. The summed E-state index contributed by atoms with van der Waals surface area (Å²) in [6.45, 7) is 1.89. The number of hydrogen-bond donors (Lipinski definition) is 0. The molecule has 31 heavy (non-hydrogen) atoms. The van der Waals surface area contributed by atoms with Crippen LogP contribution in [-0.4, -0.2) is 61.1 Å². The van der Waals surface area contributed by atoms with E-state index in [2.05, 4.69) is 0 Å². The standard InChI is InChI=1S/C23H31F3N2O3/c1-31-20-9-6-17(7-10-20)8-11-21(29)27-12-3-13-28(15-14-27)22(30)18-4-2-5-19(16-18)23(24,25)26/h6-7,9-10,18-19H,2-5,8,11-16H2,1H3. The molecule has 1 aromatic carbocycles. The number of carbonyl (C=O) groups excluding carboxylic acids is 2. The van der Waals surface area contributed by atoms with Crippen molar-refractivity contribution in [3.8, 4) is 5.75 Å². The van der Waals surface area contributed by atoms with Gasteiger partial charge in [-0.25, -0.2) is 0 Å². The quantitative estimate of drug-likeness (QED) is 0.694. The summed E-state index contributed by atoms with van der Waals surface area (Å²) in [5.74, 6) is -1.30. The summed E-state index contributed by atoms with van der Waals surface area (Å²) in [5, 5.41) is 0. The molecule has 1 aliphatic carbocycles. The Bertz CT molecular complexity index is 751. The van der Waals surface area contributed by atoms with Gasteiger partial charge in [-0.3, -0.25) is 9.59 Å². The van der Waals surface area contributed by atoms with E-state index in [1.807, 2.05) is 24.3 Å². The van der Waals surface area contributed by atoms with Gasteiger partial charge < -0.3 is 14.5 Å². The van der Waals surface area contributed by atoms with Crippen LogP contribution in [0.1, 0.15) is 44.1 Å². The van der Waals surface area contributed by atoms with Crippen LogP contribution in [0.5, 0.6) is 5.75 Å². The predicted octanol–water partition coefficient (Wildman–Crippen LogP) is 4.06. The largest absolute Gasteiger partial charge is 0.497 e. The Morgan fingerprint density at radius 2 is 1.68 bits per heavy atom. The highest BCUT2D eigenvalue weighted by molar-refractivity contribution is 5.79. The molecule has 1 heterocycles. The zero-order valence-electron chi connectivity index (χ0n) is 18.0. The number of halogens is 3. The van der Waals surface area contributed by atoms with Crippen LogP contribution in [0.3, 0.4) is 0 Å². The van der Waals surface area contributed by atoms with Gasteiger partial charge in [0.2, 0.25) is 11.8 Å². The van der Waals surface area contributed by atoms with E-state index >= 15 is 0 Å². The second-order valence-electron chi connectivity index (χ2n) is 8.51. The Morgan fingerprint density at radius 3 is 2.35 bits per heavy atom. The number of alkyl halides is 3. The number of methoxy groups -OCH3 is 1. The van der Waals surface area contributed by atoms with E-state index in [9.17, 15) is 22.8 Å². The molecule has 2 aliphatic rings. The molecule has 0 aromatic heterocycles. The number of benzene rings is 1. The average molecular weight is 441 g/mol. The van der Waals surface area contributed by atoms with Gasteiger partial charge in [0.1, 0.15) is 5.75 Å². The lowest BCUT2D eigenvalue weighted by atomic mass is 9.80. The number of aryl methyl sites for hydroxylation is 1. The van der Waals surface area contributed by atoms with Crippen molar-refractivity contribution in [1.29, 1.82) is 0 Å². The summed E-state index contributed by atoms with van der Waals surface area (Å²) < 4.78 is 44.4. The molecule has 0 N–H and O–H groups in total. The first kappa shape index (κ1) is 23.4. The fraction of sp³-hybridized carbons (Fsp3) is 0.652. The van der Waals surface area contributed by atoms with Gasteiger partial charge in [-0.05, 0) is 49.8 Å². The first-order valence-corrected chi connectivity index (χ1v) is 11.0. The molecule has 2 fully saturated rings. The zero-order chi connectivity index (χ0) is 22.4. The van der Waals surface area contributed by atoms with Crippen LogP contribution >= 0.6 is 0 Å². The molecule has 1 aliphatic heterocycles. The fourth-order valence-electron chi connectivity index (χ4n) is 4.56. The number of hydrogen-bond acceptors (Lipinski definition) is 3. The molecule has 1 saturated carbocycles. The summed E-state index contributed by atoms with van der Waals surface area (Å²) in [6, 6.07) is 7.61. The Hall–Kier alpha value is -2.25. The lowest BCUT2D eigenvalue weighted by molar-refractivity contribution is -0.187. The van der Waals surface area contributed by atoms with Crippen LogP contribution in [0.4, 0.5) is 13.2 Å². The van der Waals surface area contributed by atoms with Crippen LogP contribution in [0.15, 0.2) is 24.3 Å². The van der Waals surface area contributed by atoms with Crippen LogP contribution in [0.25, 0.3) is 0 Å². The highest BCUT2D eigenvalue weighted by Crippen LogP contribution is 2.40. The number of ether oxygens (including phenoxy) is 1. The maximum absolute atomic E-state index is 13.1. The number of amides is 2. The lowest BCUT2D eigenvalue weighted by Gasteiger charge is -2.33. The van der Waals surface area contributed by atoms with Crippen molar-refractivity contribution < 1.29 is 27.5 Å². The molecule has 2 atom stereocenters. The summed E-state index contributed by atoms with van der Waals surface area (Å²) in [7, 11) is 1.61. The maximum atomic E-state index is 13.1. The van der Waals surface area contributed by atoms with Gasteiger partial charge in [0.05, 0.1) is 13.0 Å². The van der Waals surface area contributed by atoms with Gasteiger partial charge in [0.15, 0.2) is 0 Å². The topological polar surface area (TPSA) is 49.9 Å². The van der Waals surface area contributed by atoms with Crippen LogP contribution in [-0.2, 0) is 16.0 Å². The molecule has 0 spiro atoms. The Labute approximate surface area is 181 Å². The van der Waals surface area contributed by atoms with E-state index in [1.165, 1.54) is 0 Å². The van der Waals surface area contributed by atoms with Crippen molar-refractivity contribution >= 4 is 11.8 Å². The van der Waals surface area contributed by atoms with E-state index in [1.54, 1.807) is 16.9 Å². The van der Waals surface area contributed by atoms with Gasteiger partial charge in [-0.1, -0.05) is 18.6 Å². The molecule has 0 radical (unpaired) electrons. The van der Waals surface area contributed by atoms with Crippen molar-refractivity contribution in [1.82, 2.24) is 9.80 Å². The third kappa shape index (κ3) is 6.37. The Balaban J connectivity index is 1.48. The molecular formula is C23H31F3N2O3. The van der Waals surface area contributed by atoms with E-state index < -0.39 is 18.0 Å². The SMILES string of the molecule is COc1ccc(CCC(=O)N2CCCN(C(=O)C3CCCC(C(F)(F)F)C3)CC2)cc1. The van der Waals surface area contributed by atoms with Crippen molar-refractivity contribution in [2.45, 2.75) is 51.1 Å². The second-order valence-corrected chi connectivity index (χ2v) is 8.51. The van der Waals surface area contributed by atoms with Crippen molar-refractivity contribution in [2.24, 2.45) is 11.8 Å². The molecule has 5 nitrogen and oxygen atoms in total. The Kier molecular flexibility index (Phi) is 7.84. The van der Waals surface area contributed by atoms with E-state index in [4.69, 9.17) is 4.74 Å². The number of nitrogens with zero attached hydrogens (tertiary/aromatic N) is 2. The van der Waals surface area contributed by atoms with Gasteiger partial charge in [0, 0.05) is 38.5 Å². The van der Waals surface area contributed by atoms with Crippen LogP contribution < -0.4 is 4.74 Å². The highest BCUT2D eigenvalue weighted by Gasteiger charge is 2.44. The molecule has 3 rings (SSSR count). The summed E-state index contributed by atoms with van der Waals surface area (Å²) in [4.78, 5) is 29.0. The molecular weight excluding hydrogens is 409 g/mol. The van der Waals surface area contributed by atoms with Crippen molar-refractivity contribution in [3.05, 3.63) is 29.8 Å². The minimum atomic E-state index is -4.23. The third-order valence-corrected chi connectivity index (χ3v) is 6.43. The average Bonchev–Trinajstić information content (AvgIpc) is 3.03. The molecule has 0 bridgehead atoms. The first-order chi connectivity index (χ1) is 14.8. The molecule has 1 saturated heterocycles. The first-order valence-electron chi connectivity index (χ1n) is 11.0.